The van der Waals surface area contributed by atoms with Crippen molar-refractivity contribution in [2.75, 3.05) is 126 Å². The molecular formula is C57H64K3N6O14-. The number of rotatable bonds is 28. The Hall–Kier alpha value is -2.27. The number of carbonyl (C=O) groups is 2. The van der Waals surface area contributed by atoms with Crippen LogP contribution in [0.1, 0.15) is 61.2 Å². The first-order valence-corrected chi connectivity index (χ1v) is 24.9. The van der Waals surface area contributed by atoms with Crippen LogP contribution in [0.15, 0.2) is 91.0 Å². The van der Waals surface area contributed by atoms with Crippen LogP contribution in [0.3, 0.4) is 0 Å². The molecule has 1 aliphatic rings. The molecule has 3 aromatic heterocycles. The molecule has 1 N–H and O–H groups in total. The molecule has 23 heteroatoms. The maximum Gasteiger partial charge on any atom is 1.00 e. The van der Waals surface area contributed by atoms with E-state index in [4.69, 9.17) is 42.9 Å². The van der Waals surface area contributed by atoms with Crippen molar-refractivity contribution in [3.8, 4) is 35.2 Å². The van der Waals surface area contributed by atoms with E-state index in [1.807, 2.05) is 59.7 Å². The van der Waals surface area contributed by atoms with Crippen molar-refractivity contribution in [1.82, 2.24) is 29.7 Å². The van der Waals surface area contributed by atoms with Crippen molar-refractivity contribution < 1.29 is 222 Å². The Labute approximate surface area is 596 Å². The van der Waals surface area contributed by atoms with Gasteiger partial charge in [-0.1, -0.05) is 41.0 Å². The van der Waals surface area contributed by atoms with Gasteiger partial charge in [0.1, 0.15) is 24.7 Å². The summed E-state index contributed by atoms with van der Waals surface area (Å²) < 4.78 is 43.3. The van der Waals surface area contributed by atoms with Gasteiger partial charge in [0.15, 0.2) is 0 Å². The van der Waals surface area contributed by atoms with Gasteiger partial charge >= 0.3 is 154 Å². The van der Waals surface area contributed by atoms with Crippen molar-refractivity contribution in [3.05, 3.63) is 147 Å². The fraction of sp³-hybridized carbons (Fsp3) is 0.404. The number of nitrogens with zero attached hydrogens (tertiary/aromatic N) is 6. The van der Waals surface area contributed by atoms with Crippen LogP contribution in [-0.2, 0) is 64.2 Å². The zero-order chi connectivity index (χ0) is 53.6. The molecule has 0 aliphatic carbocycles. The van der Waals surface area contributed by atoms with Crippen LogP contribution >= 0.6 is 0 Å². The second kappa shape index (κ2) is 43.4. The Balaban J connectivity index is 0.00000547. The van der Waals surface area contributed by atoms with Crippen LogP contribution in [0.25, 0.3) is 0 Å². The van der Waals surface area contributed by atoms with Crippen molar-refractivity contribution in [3.63, 3.8) is 0 Å². The first-order chi connectivity index (χ1) is 37.1. The summed E-state index contributed by atoms with van der Waals surface area (Å²) in [4.78, 5) is 56.1. The number of carboxylic acid groups (broad SMARTS) is 2. The molecular weight excluding hydrogens is 1110 g/mol. The summed E-state index contributed by atoms with van der Waals surface area (Å²) in [5.74, 6) is 11.1. The fourth-order valence-electron chi connectivity index (χ4n) is 7.63. The summed E-state index contributed by atoms with van der Waals surface area (Å²) in [5.41, 5.74) is 4.77. The van der Waals surface area contributed by atoms with Crippen molar-refractivity contribution in [2.24, 2.45) is 0 Å². The van der Waals surface area contributed by atoms with E-state index in [-0.39, 0.29) is 184 Å². The molecule has 0 amide bonds. The van der Waals surface area contributed by atoms with Crippen LogP contribution in [0.2, 0.25) is 0 Å². The third-order valence-electron chi connectivity index (χ3n) is 11.3. The largest absolute Gasteiger partial charge is 1.00 e. The summed E-state index contributed by atoms with van der Waals surface area (Å²) in [5, 5.41) is 24.3. The van der Waals surface area contributed by atoms with Crippen LogP contribution in [0.5, 0.6) is 11.5 Å². The van der Waals surface area contributed by atoms with E-state index in [1.165, 1.54) is 6.07 Å². The summed E-state index contributed by atoms with van der Waals surface area (Å²) in [6, 6.07) is 26.8. The van der Waals surface area contributed by atoms with Gasteiger partial charge in [0, 0.05) is 96.1 Å². The summed E-state index contributed by atoms with van der Waals surface area (Å²) in [7, 11) is 3.24. The quantitative estimate of drug-likeness (QED) is 0.0195. The third kappa shape index (κ3) is 29.5. The Morgan fingerprint density at radius 2 is 0.938 bits per heavy atom. The van der Waals surface area contributed by atoms with Crippen LogP contribution in [-0.4, -0.2) is 180 Å². The van der Waals surface area contributed by atoms with Gasteiger partial charge < -0.3 is 68.0 Å². The van der Waals surface area contributed by atoms with Crippen molar-refractivity contribution in [2.45, 2.75) is 26.2 Å². The summed E-state index contributed by atoms with van der Waals surface area (Å²) in [6.07, 6.45) is 1.91. The Bertz CT molecular complexity index is 2740. The monoisotopic (exact) mass is 1170 g/mol. The van der Waals surface area contributed by atoms with Gasteiger partial charge in [0.2, 0.25) is 0 Å². The normalized spacial score (nSPS) is 12.6. The van der Waals surface area contributed by atoms with E-state index in [0.29, 0.717) is 165 Å². The van der Waals surface area contributed by atoms with Gasteiger partial charge in [-0.3, -0.25) is 29.7 Å². The zero-order valence-electron chi connectivity index (χ0n) is 46.4. The number of hydrogen-bond acceptors (Lipinski definition) is 20. The molecule has 0 unspecified atom stereocenters. The zero-order valence-corrected chi connectivity index (χ0v) is 55.8. The van der Waals surface area contributed by atoms with E-state index >= 15 is 0 Å². The number of hydrogen-bond donors (Lipinski definition) is 0. The number of aromatic carboxylic acids is 1. The number of fused-ring (bicyclic) bond motifs is 2. The first kappa shape index (κ1) is 73.8. The minimum atomic E-state index is -1.44. The van der Waals surface area contributed by atoms with E-state index in [1.54, 1.807) is 55.5 Å². The number of benzene rings is 2. The molecule has 80 heavy (non-hydrogen) atoms. The van der Waals surface area contributed by atoms with E-state index < -0.39 is 11.9 Å². The number of pyridine rings is 3. The second-order valence-corrected chi connectivity index (χ2v) is 17.2. The minimum absolute atomic E-state index is 0. The molecule has 410 valence electrons. The molecule has 4 heterocycles. The second-order valence-electron chi connectivity index (χ2n) is 17.2. The Morgan fingerprint density at radius 3 is 1.38 bits per heavy atom. The molecule has 5 aromatic rings. The number of aliphatic carboxylic acids is 1. The SMILES string of the molecule is COCCOCCOCCOc1ccc(C#Cc2cc([C-]=O)nc(CN3CCN(CC(=O)[O-])CCN(Cc4cc(C#Cc5ccc(OCCOCCOCCOC)cc5)cc(C(=O)[O-])n4)Cc4cccc(n4)C3)c2)cc1.[K+].[K+].[K+].[OH-]. The molecule has 0 saturated carbocycles. The van der Waals surface area contributed by atoms with Crippen LogP contribution in [0.4, 0.5) is 0 Å². The number of aromatic nitrogens is 3. The molecule has 2 aromatic carbocycles. The van der Waals surface area contributed by atoms with Crippen molar-refractivity contribution >= 4 is 18.2 Å². The molecule has 6 rings (SSSR count). The average molecular weight is 1170 g/mol. The van der Waals surface area contributed by atoms with Gasteiger partial charge in [0.25, 0.3) is 0 Å². The number of carbonyl (C=O) groups excluding carboxylic acids is 3. The van der Waals surface area contributed by atoms with Gasteiger partial charge in [0.05, 0.1) is 106 Å². The standard InChI is InChI=1S/C57H65N6O13.3K.H2O/c1-69-22-24-71-26-28-73-30-32-75-53-14-10-44(11-15-53)6-8-46-34-50(59-52(36-46)43-64)40-62-20-18-61(42-56(65)66)19-21-63(39-49-5-3-4-48(38-62)58-49)41-51-35-47(37-55(60-51)57(67)68)9-7-45-12-16-54(17-13-45)76-33-31-74-29-27-72-25-23-70-2;;;;/h3-5,10-17,34-37H,18-33,38-42H2,1-2H3,(H,65,66)(H,67,68);;;;1H2/q-1;3*+1;/p-3. The fourth-order valence-corrected chi connectivity index (χ4v) is 7.63. The predicted octanol–water partition coefficient (Wildman–Crippen LogP) is -7.49. The van der Waals surface area contributed by atoms with E-state index in [9.17, 15) is 24.6 Å². The van der Waals surface area contributed by atoms with Crippen molar-refractivity contribution in [1.29, 1.82) is 0 Å². The smallest absolute Gasteiger partial charge is 0.870 e. The van der Waals surface area contributed by atoms with Gasteiger partial charge in [-0.15, -0.1) is 0 Å². The van der Waals surface area contributed by atoms with Gasteiger partial charge in [-0.2, -0.15) is 6.07 Å². The molecule has 0 spiro atoms. The maximum atomic E-state index is 12.2. The first-order valence-electron chi connectivity index (χ1n) is 24.9. The molecule has 0 radical (unpaired) electrons. The average Bonchev–Trinajstić information content (AvgIpc) is 3.42. The molecule has 0 saturated heterocycles. The van der Waals surface area contributed by atoms with E-state index in [2.05, 4.69) is 38.5 Å². The van der Waals surface area contributed by atoms with Gasteiger partial charge in [-0.05, 0) is 78.9 Å². The van der Waals surface area contributed by atoms with Crippen LogP contribution < -0.4 is 174 Å². The molecule has 20 nitrogen and oxygen atoms in total. The topological polar surface area (TPSA) is 250 Å². The summed E-state index contributed by atoms with van der Waals surface area (Å²) in [6.45, 7) is 7.88. The Morgan fingerprint density at radius 1 is 0.525 bits per heavy atom. The molecule has 2 bridgehead atoms. The molecule has 1 aliphatic heterocycles. The Kier molecular flexibility index (Phi) is 40.0. The minimum Gasteiger partial charge on any atom is -0.870 e. The van der Waals surface area contributed by atoms with Crippen LogP contribution in [0, 0.1) is 23.7 Å². The van der Waals surface area contributed by atoms with E-state index in [0.717, 1.165) is 17.0 Å². The third-order valence-corrected chi connectivity index (χ3v) is 11.3. The van der Waals surface area contributed by atoms with Gasteiger partial charge in [-0.25, -0.2) is 0 Å². The number of ether oxygens (including phenoxy) is 8. The molecule has 0 fully saturated rings. The molecule has 0 atom stereocenters. The number of carboxylic acids is 2. The predicted molar refractivity (Wildman–Crippen MR) is 276 cm³/mol. The maximum absolute atomic E-state index is 12.2. The number of methoxy groups -OCH3 is 2. The summed E-state index contributed by atoms with van der Waals surface area (Å²) >= 11 is 0.